The first-order valence-electron chi connectivity index (χ1n) is 6.28. The fraction of sp³-hybridized carbons (Fsp3) is 0.200. The van der Waals surface area contributed by atoms with E-state index in [1.807, 2.05) is 18.2 Å². The zero-order valence-corrected chi connectivity index (χ0v) is 10.2. The van der Waals surface area contributed by atoms with Crippen LogP contribution in [0.25, 0.3) is 0 Å². The molecule has 96 valence electrons. The zero-order valence-electron chi connectivity index (χ0n) is 10.2. The van der Waals surface area contributed by atoms with Crippen LogP contribution in [0.2, 0.25) is 0 Å². The molecule has 4 nitrogen and oxygen atoms in total. The monoisotopic (exact) mass is 255 g/mol. The number of phenols is 1. The third kappa shape index (κ3) is 1.53. The highest BCUT2D eigenvalue weighted by Gasteiger charge is 2.28. The number of nitrogens with one attached hydrogen (secondary N) is 1. The number of ether oxygens (including phenoxy) is 2. The van der Waals surface area contributed by atoms with E-state index in [4.69, 9.17) is 9.47 Å². The highest BCUT2D eigenvalue weighted by molar-refractivity contribution is 5.63. The van der Waals surface area contributed by atoms with Crippen LogP contribution in [0.3, 0.4) is 0 Å². The lowest BCUT2D eigenvalue weighted by atomic mass is 9.92. The Balaban J connectivity index is 1.82. The summed E-state index contributed by atoms with van der Waals surface area (Å²) in [5, 5.41) is 13.6. The summed E-state index contributed by atoms with van der Waals surface area (Å²) in [6, 6.07) is 11.7. The Morgan fingerprint density at radius 1 is 1.05 bits per heavy atom. The molecule has 0 radical (unpaired) electrons. The molecule has 19 heavy (non-hydrogen) atoms. The summed E-state index contributed by atoms with van der Waals surface area (Å²) < 4.78 is 10.7. The van der Waals surface area contributed by atoms with E-state index in [-0.39, 0.29) is 18.5 Å². The Bertz CT molecular complexity index is 654. The predicted octanol–water partition coefficient (Wildman–Crippen LogP) is 2.68. The van der Waals surface area contributed by atoms with Gasteiger partial charge in [-0.1, -0.05) is 18.2 Å². The number of fused-ring (bicyclic) bond motifs is 2. The SMILES string of the molecule is Oc1cc2c(cc1C1CNc3ccccc31)OCO2. The van der Waals surface area contributed by atoms with E-state index in [1.165, 1.54) is 5.56 Å². The normalized spacial score (nSPS) is 19.1. The Kier molecular flexibility index (Phi) is 2.12. The molecule has 4 heteroatoms. The molecule has 0 aliphatic carbocycles. The minimum absolute atomic E-state index is 0.144. The van der Waals surface area contributed by atoms with Crippen molar-refractivity contribution in [1.29, 1.82) is 0 Å². The van der Waals surface area contributed by atoms with Crippen LogP contribution in [0, 0.1) is 0 Å². The Morgan fingerprint density at radius 2 is 1.84 bits per heavy atom. The smallest absolute Gasteiger partial charge is 0.231 e. The second kappa shape index (κ2) is 3.82. The average Bonchev–Trinajstić information content (AvgIpc) is 3.03. The Morgan fingerprint density at radius 3 is 2.74 bits per heavy atom. The molecular formula is C15H13NO3. The maximum Gasteiger partial charge on any atom is 0.231 e. The van der Waals surface area contributed by atoms with Gasteiger partial charge in [0.05, 0.1) is 0 Å². The van der Waals surface area contributed by atoms with Crippen molar-refractivity contribution in [3.63, 3.8) is 0 Å². The highest BCUT2D eigenvalue weighted by Crippen LogP contribution is 2.44. The number of phenolic OH excluding ortho intramolecular Hbond substituents is 1. The molecule has 1 unspecified atom stereocenters. The van der Waals surface area contributed by atoms with E-state index >= 15 is 0 Å². The molecule has 2 aliphatic rings. The van der Waals surface area contributed by atoms with E-state index in [0.29, 0.717) is 11.5 Å². The number of anilines is 1. The summed E-state index contributed by atoms with van der Waals surface area (Å²) in [6.07, 6.45) is 0. The van der Waals surface area contributed by atoms with Gasteiger partial charge >= 0.3 is 0 Å². The topological polar surface area (TPSA) is 50.7 Å². The van der Waals surface area contributed by atoms with E-state index in [9.17, 15) is 5.11 Å². The molecule has 0 fully saturated rings. The second-order valence-electron chi connectivity index (χ2n) is 4.79. The summed E-state index contributed by atoms with van der Waals surface area (Å²) in [6.45, 7) is 1.00. The quantitative estimate of drug-likeness (QED) is 0.822. The van der Waals surface area contributed by atoms with Gasteiger partial charge in [-0.25, -0.2) is 0 Å². The molecule has 0 spiro atoms. The summed E-state index contributed by atoms with van der Waals surface area (Å²) >= 11 is 0. The number of hydrogen-bond acceptors (Lipinski definition) is 4. The van der Waals surface area contributed by atoms with Gasteiger partial charge in [-0.05, 0) is 17.7 Å². The van der Waals surface area contributed by atoms with E-state index in [1.54, 1.807) is 6.07 Å². The number of para-hydroxylation sites is 1. The molecule has 4 rings (SSSR count). The predicted molar refractivity (Wildman–Crippen MR) is 71.0 cm³/mol. The van der Waals surface area contributed by atoms with Crippen molar-refractivity contribution in [2.75, 3.05) is 18.7 Å². The lowest BCUT2D eigenvalue weighted by Crippen LogP contribution is -2.04. The average molecular weight is 255 g/mol. The van der Waals surface area contributed by atoms with Crippen molar-refractivity contribution >= 4 is 5.69 Å². The summed E-state index contributed by atoms with van der Waals surface area (Å²) in [5.41, 5.74) is 3.21. The van der Waals surface area contributed by atoms with Crippen LogP contribution >= 0.6 is 0 Å². The number of benzene rings is 2. The fourth-order valence-corrected chi connectivity index (χ4v) is 2.79. The first-order valence-corrected chi connectivity index (χ1v) is 6.28. The lowest BCUT2D eigenvalue weighted by Gasteiger charge is -2.13. The first kappa shape index (κ1) is 10.6. The maximum atomic E-state index is 10.2. The largest absolute Gasteiger partial charge is 0.508 e. The molecule has 1 atom stereocenters. The van der Waals surface area contributed by atoms with Crippen molar-refractivity contribution in [1.82, 2.24) is 0 Å². The van der Waals surface area contributed by atoms with Crippen LogP contribution < -0.4 is 14.8 Å². The van der Waals surface area contributed by atoms with Gasteiger partial charge in [0.2, 0.25) is 6.79 Å². The Labute approximate surface area is 110 Å². The van der Waals surface area contributed by atoms with E-state index < -0.39 is 0 Å². The minimum Gasteiger partial charge on any atom is -0.508 e. The van der Waals surface area contributed by atoms with Crippen LogP contribution in [-0.4, -0.2) is 18.4 Å². The maximum absolute atomic E-state index is 10.2. The van der Waals surface area contributed by atoms with Gasteiger partial charge < -0.3 is 19.9 Å². The van der Waals surface area contributed by atoms with Crippen LogP contribution in [0.15, 0.2) is 36.4 Å². The van der Waals surface area contributed by atoms with E-state index in [0.717, 1.165) is 17.8 Å². The minimum atomic E-state index is 0.144. The van der Waals surface area contributed by atoms with Gasteiger partial charge in [0.25, 0.3) is 0 Å². The molecule has 0 amide bonds. The van der Waals surface area contributed by atoms with Crippen molar-refractivity contribution in [3.8, 4) is 17.2 Å². The molecule has 0 aromatic heterocycles. The van der Waals surface area contributed by atoms with Crippen molar-refractivity contribution in [2.24, 2.45) is 0 Å². The van der Waals surface area contributed by atoms with Crippen LogP contribution in [0.5, 0.6) is 17.2 Å². The molecule has 2 aromatic carbocycles. The molecule has 0 saturated carbocycles. The van der Waals surface area contributed by atoms with Gasteiger partial charge in [0.1, 0.15) is 5.75 Å². The summed E-state index contributed by atoms with van der Waals surface area (Å²) in [5.74, 6) is 1.72. The van der Waals surface area contributed by atoms with Crippen LogP contribution in [0.4, 0.5) is 5.69 Å². The van der Waals surface area contributed by atoms with Gasteiger partial charge in [-0.3, -0.25) is 0 Å². The first-order chi connectivity index (χ1) is 9.33. The van der Waals surface area contributed by atoms with Gasteiger partial charge in [-0.2, -0.15) is 0 Å². The fourth-order valence-electron chi connectivity index (χ4n) is 2.79. The third-order valence-electron chi connectivity index (χ3n) is 3.73. The number of aromatic hydroxyl groups is 1. The van der Waals surface area contributed by atoms with Crippen LogP contribution in [-0.2, 0) is 0 Å². The molecule has 2 aliphatic heterocycles. The Hall–Kier alpha value is -2.36. The van der Waals surface area contributed by atoms with Gasteiger partial charge in [0.15, 0.2) is 11.5 Å². The van der Waals surface area contributed by atoms with Gasteiger partial charge in [0, 0.05) is 29.8 Å². The molecular weight excluding hydrogens is 242 g/mol. The van der Waals surface area contributed by atoms with Crippen molar-refractivity contribution in [3.05, 3.63) is 47.5 Å². The van der Waals surface area contributed by atoms with E-state index in [2.05, 4.69) is 17.4 Å². The second-order valence-corrected chi connectivity index (χ2v) is 4.79. The molecule has 2 heterocycles. The number of hydrogen-bond donors (Lipinski definition) is 2. The summed E-state index contributed by atoms with van der Waals surface area (Å²) in [4.78, 5) is 0. The highest BCUT2D eigenvalue weighted by atomic mass is 16.7. The van der Waals surface area contributed by atoms with Crippen molar-refractivity contribution < 1.29 is 14.6 Å². The molecule has 0 bridgehead atoms. The zero-order chi connectivity index (χ0) is 12.8. The van der Waals surface area contributed by atoms with Gasteiger partial charge in [-0.15, -0.1) is 0 Å². The molecule has 2 aromatic rings. The standard InChI is InChI=1S/C15H13NO3/c17-13-6-15-14(18-8-19-15)5-10(13)11-7-16-12-4-2-1-3-9(11)12/h1-6,11,16-17H,7-8H2. The summed E-state index contributed by atoms with van der Waals surface area (Å²) in [7, 11) is 0. The third-order valence-corrected chi connectivity index (χ3v) is 3.73. The van der Waals surface area contributed by atoms with Crippen molar-refractivity contribution in [2.45, 2.75) is 5.92 Å². The lowest BCUT2D eigenvalue weighted by molar-refractivity contribution is 0.174. The molecule has 0 saturated heterocycles. The number of rotatable bonds is 1. The molecule has 2 N–H and O–H groups in total. The van der Waals surface area contributed by atoms with Crippen LogP contribution in [0.1, 0.15) is 17.0 Å².